The average molecular weight is 277 g/mol. The minimum Gasteiger partial charge on any atom is -0.505 e. The maximum absolute atomic E-state index is 13.4. The van der Waals surface area contributed by atoms with Crippen molar-refractivity contribution in [2.24, 2.45) is 5.92 Å². The van der Waals surface area contributed by atoms with Crippen molar-refractivity contribution in [3.05, 3.63) is 28.0 Å². The Morgan fingerprint density at radius 2 is 2.20 bits per heavy atom. The van der Waals surface area contributed by atoms with Gasteiger partial charge in [0.05, 0.1) is 5.92 Å². The molecular formula is C10H10BrFO3. The minimum atomic E-state index is -0.996. The lowest BCUT2D eigenvalue weighted by molar-refractivity contribution is -0.141. The Bertz CT molecular complexity index is 392. The van der Waals surface area contributed by atoms with Crippen LogP contribution in [-0.4, -0.2) is 16.2 Å². The van der Waals surface area contributed by atoms with Gasteiger partial charge in [-0.3, -0.25) is 4.79 Å². The van der Waals surface area contributed by atoms with E-state index in [0.717, 1.165) is 0 Å². The molecular weight excluding hydrogens is 267 g/mol. The normalized spacial score (nSPS) is 12.5. The Labute approximate surface area is 94.7 Å². The highest BCUT2D eigenvalue weighted by Gasteiger charge is 2.18. The Morgan fingerprint density at radius 1 is 1.60 bits per heavy atom. The summed E-state index contributed by atoms with van der Waals surface area (Å²) < 4.78 is 13.9. The molecule has 82 valence electrons. The minimum absolute atomic E-state index is 0.0378. The predicted octanol–water partition coefficient (Wildman–Crippen LogP) is 2.56. The van der Waals surface area contributed by atoms with E-state index in [1.54, 1.807) is 0 Å². The molecule has 0 aliphatic heterocycles. The van der Waals surface area contributed by atoms with Crippen molar-refractivity contribution in [2.75, 3.05) is 0 Å². The highest BCUT2D eigenvalue weighted by molar-refractivity contribution is 9.10. The molecule has 1 aromatic rings. The lowest BCUT2D eigenvalue weighted by Gasteiger charge is -2.10. The number of carboxylic acids is 1. The number of phenols is 1. The lowest BCUT2D eigenvalue weighted by atomic mass is 10.0. The Morgan fingerprint density at radius 3 is 2.73 bits per heavy atom. The highest BCUT2D eigenvalue weighted by atomic mass is 79.9. The molecule has 2 N–H and O–H groups in total. The van der Waals surface area contributed by atoms with Gasteiger partial charge >= 0.3 is 5.97 Å². The molecule has 3 nitrogen and oxygen atoms in total. The summed E-state index contributed by atoms with van der Waals surface area (Å²) in [4.78, 5) is 10.6. The van der Waals surface area contributed by atoms with Crippen LogP contribution in [0.15, 0.2) is 16.6 Å². The van der Waals surface area contributed by atoms with Crippen molar-refractivity contribution >= 4 is 21.9 Å². The maximum atomic E-state index is 13.4. The van der Waals surface area contributed by atoms with Crippen molar-refractivity contribution < 1.29 is 19.4 Å². The van der Waals surface area contributed by atoms with E-state index >= 15 is 0 Å². The van der Waals surface area contributed by atoms with Gasteiger partial charge in [-0.15, -0.1) is 0 Å². The summed E-state index contributed by atoms with van der Waals surface area (Å²) in [6.45, 7) is 1.48. The molecule has 0 bridgehead atoms. The van der Waals surface area contributed by atoms with Crippen molar-refractivity contribution in [2.45, 2.75) is 13.3 Å². The van der Waals surface area contributed by atoms with Gasteiger partial charge in [0.1, 0.15) is 0 Å². The first-order valence-corrected chi connectivity index (χ1v) is 5.11. The number of hydrogen-bond donors (Lipinski definition) is 2. The number of halogens is 2. The van der Waals surface area contributed by atoms with Gasteiger partial charge in [0.25, 0.3) is 0 Å². The van der Waals surface area contributed by atoms with E-state index in [1.165, 1.54) is 19.1 Å². The Kier molecular flexibility index (Phi) is 3.68. The molecule has 1 unspecified atom stereocenters. The molecule has 0 radical (unpaired) electrons. The molecule has 1 rings (SSSR count). The number of aliphatic carboxylic acids is 1. The molecule has 0 fully saturated rings. The SMILES string of the molecule is CC(Cc1c(Br)ccc(O)c1F)C(=O)O. The summed E-state index contributed by atoms with van der Waals surface area (Å²) >= 11 is 3.11. The standard InChI is InChI=1S/C10H10BrFO3/c1-5(10(14)15)4-6-7(11)2-3-8(13)9(6)12/h2-3,5,13H,4H2,1H3,(H,14,15). The van der Waals surface area contributed by atoms with Crippen molar-refractivity contribution in [1.82, 2.24) is 0 Å². The average Bonchev–Trinajstić information content (AvgIpc) is 2.18. The fraction of sp³-hybridized carbons (Fsp3) is 0.300. The molecule has 0 aromatic heterocycles. The maximum Gasteiger partial charge on any atom is 0.306 e. The number of phenolic OH excluding ortho intramolecular Hbond substituents is 1. The van der Waals surface area contributed by atoms with Crippen LogP contribution in [0.2, 0.25) is 0 Å². The zero-order chi connectivity index (χ0) is 11.6. The lowest BCUT2D eigenvalue weighted by Crippen LogP contribution is -2.13. The van der Waals surface area contributed by atoms with Gasteiger partial charge in [0.15, 0.2) is 11.6 Å². The van der Waals surface area contributed by atoms with Crippen molar-refractivity contribution in [3.63, 3.8) is 0 Å². The number of carbonyl (C=O) groups is 1. The summed E-state index contributed by atoms with van der Waals surface area (Å²) in [5.74, 6) is -2.93. The second-order valence-electron chi connectivity index (χ2n) is 3.30. The van der Waals surface area contributed by atoms with Gasteiger partial charge in [0, 0.05) is 10.0 Å². The fourth-order valence-corrected chi connectivity index (χ4v) is 1.63. The van der Waals surface area contributed by atoms with Crippen LogP contribution in [0.4, 0.5) is 4.39 Å². The van der Waals surface area contributed by atoms with Crippen molar-refractivity contribution in [3.8, 4) is 5.75 Å². The van der Waals surface area contributed by atoms with Crippen molar-refractivity contribution in [1.29, 1.82) is 0 Å². The van der Waals surface area contributed by atoms with Crippen LogP contribution >= 0.6 is 15.9 Å². The van der Waals surface area contributed by atoms with Gasteiger partial charge in [0.2, 0.25) is 0 Å². The van der Waals surface area contributed by atoms with Crippen LogP contribution in [0, 0.1) is 11.7 Å². The summed E-state index contributed by atoms with van der Waals surface area (Å²) in [7, 11) is 0. The molecule has 1 atom stereocenters. The molecule has 1 aromatic carbocycles. The smallest absolute Gasteiger partial charge is 0.306 e. The van der Waals surface area contributed by atoms with Gasteiger partial charge < -0.3 is 10.2 Å². The first-order valence-electron chi connectivity index (χ1n) is 4.32. The molecule has 0 saturated carbocycles. The Hall–Kier alpha value is -1.10. The van der Waals surface area contributed by atoms with Gasteiger partial charge in [-0.2, -0.15) is 0 Å². The van der Waals surface area contributed by atoms with Crippen LogP contribution in [0.1, 0.15) is 12.5 Å². The van der Waals surface area contributed by atoms with Gasteiger partial charge in [-0.25, -0.2) is 4.39 Å². The molecule has 15 heavy (non-hydrogen) atoms. The molecule has 0 saturated heterocycles. The van der Waals surface area contributed by atoms with E-state index < -0.39 is 23.5 Å². The molecule has 0 amide bonds. The zero-order valence-corrected chi connectivity index (χ0v) is 9.58. The van der Waals surface area contributed by atoms with Crippen LogP contribution in [0.25, 0.3) is 0 Å². The summed E-state index contributed by atoms with van der Waals surface area (Å²) in [6, 6.07) is 2.71. The van der Waals surface area contributed by atoms with E-state index in [-0.39, 0.29) is 12.0 Å². The first-order chi connectivity index (χ1) is 6.93. The summed E-state index contributed by atoms with van der Waals surface area (Å²) in [6.07, 6.45) is 0.0378. The van der Waals surface area contributed by atoms with E-state index in [1.807, 2.05) is 0 Å². The topological polar surface area (TPSA) is 57.5 Å². The molecule has 0 spiro atoms. The van der Waals surface area contributed by atoms with E-state index in [0.29, 0.717) is 4.47 Å². The largest absolute Gasteiger partial charge is 0.505 e. The number of rotatable bonds is 3. The third-order valence-corrected chi connectivity index (χ3v) is 2.84. The molecule has 5 heteroatoms. The third-order valence-electron chi connectivity index (χ3n) is 2.10. The quantitative estimate of drug-likeness (QED) is 0.892. The fourth-order valence-electron chi connectivity index (χ4n) is 1.17. The van der Waals surface area contributed by atoms with E-state index in [2.05, 4.69) is 15.9 Å². The van der Waals surface area contributed by atoms with Gasteiger partial charge in [-0.1, -0.05) is 22.9 Å². The van der Waals surface area contributed by atoms with Gasteiger partial charge in [-0.05, 0) is 18.6 Å². The van der Waals surface area contributed by atoms with Crippen LogP contribution in [0.3, 0.4) is 0 Å². The second kappa shape index (κ2) is 4.61. The highest BCUT2D eigenvalue weighted by Crippen LogP contribution is 2.28. The Balaban J connectivity index is 3.03. The molecule has 0 aliphatic carbocycles. The number of benzene rings is 1. The zero-order valence-electron chi connectivity index (χ0n) is 8.00. The number of carboxylic acid groups (broad SMARTS) is 1. The summed E-state index contributed by atoms with van der Waals surface area (Å²) in [5.41, 5.74) is 0.185. The van der Waals surface area contributed by atoms with Crippen LogP contribution in [-0.2, 0) is 11.2 Å². The number of aromatic hydroxyl groups is 1. The second-order valence-corrected chi connectivity index (χ2v) is 4.16. The monoisotopic (exact) mass is 276 g/mol. The third kappa shape index (κ3) is 2.68. The van der Waals surface area contributed by atoms with Crippen LogP contribution < -0.4 is 0 Å². The first kappa shape index (κ1) is 12.0. The predicted molar refractivity (Wildman–Crippen MR) is 56.3 cm³/mol. The van der Waals surface area contributed by atoms with Crippen LogP contribution in [0.5, 0.6) is 5.75 Å². The van der Waals surface area contributed by atoms with E-state index in [4.69, 9.17) is 10.2 Å². The summed E-state index contributed by atoms with van der Waals surface area (Å²) in [5, 5.41) is 17.8. The molecule has 0 heterocycles. The molecule has 0 aliphatic rings. The van der Waals surface area contributed by atoms with E-state index in [9.17, 15) is 9.18 Å². The number of hydrogen-bond acceptors (Lipinski definition) is 2.